The minimum Gasteiger partial charge on any atom is -0.383 e. The molecule has 0 atom stereocenters. The van der Waals surface area contributed by atoms with Crippen molar-refractivity contribution in [1.82, 2.24) is 9.38 Å². The molecular weight excluding hydrogens is 272 g/mol. The number of hydrogen-bond donors (Lipinski definition) is 1. The molecule has 1 aromatic carbocycles. The molecule has 0 fully saturated rings. The first-order valence-electron chi connectivity index (χ1n) is 5.45. The van der Waals surface area contributed by atoms with E-state index in [9.17, 15) is 8.78 Å². The summed E-state index contributed by atoms with van der Waals surface area (Å²) in [6, 6.07) is 6.45. The first kappa shape index (κ1) is 11.9. The van der Waals surface area contributed by atoms with E-state index in [2.05, 4.69) is 4.98 Å². The number of hydrogen-bond acceptors (Lipinski definition) is 2. The highest BCUT2D eigenvalue weighted by molar-refractivity contribution is 6.30. The highest BCUT2D eigenvalue weighted by Crippen LogP contribution is 2.29. The maximum absolute atomic E-state index is 13.7. The Labute approximate surface area is 112 Å². The molecule has 6 heteroatoms. The van der Waals surface area contributed by atoms with Gasteiger partial charge in [0.15, 0.2) is 0 Å². The van der Waals surface area contributed by atoms with Gasteiger partial charge in [0.2, 0.25) is 0 Å². The van der Waals surface area contributed by atoms with Crippen LogP contribution >= 0.6 is 11.6 Å². The number of anilines is 1. The Bertz CT molecular complexity index is 783. The SMILES string of the molecule is Nc1c(-c2cc(F)ccc2F)nc2ccc(Cl)cn12. The van der Waals surface area contributed by atoms with Gasteiger partial charge >= 0.3 is 0 Å². The summed E-state index contributed by atoms with van der Waals surface area (Å²) in [7, 11) is 0. The summed E-state index contributed by atoms with van der Waals surface area (Å²) in [5, 5.41) is 0.475. The molecular formula is C13H8ClF2N3. The average molecular weight is 280 g/mol. The zero-order valence-corrected chi connectivity index (χ0v) is 10.3. The Morgan fingerprint density at radius 3 is 2.74 bits per heavy atom. The van der Waals surface area contributed by atoms with Crippen molar-refractivity contribution in [1.29, 1.82) is 0 Å². The number of imidazole rings is 1. The van der Waals surface area contributed by atoms with Crippen molar-refractivity contribution in [3.8, 4) is 11.3 Å². The standard InChI is InChI=1S/C13H8ClF2N3/c14-7-1-4-11-18-12(13(17)19(11)6-7)9-5-8(15)2-3-10(9)16/h1-6H,17H2. The number of aromatic nitrogens is 2. The number of nitrogens with zero attached hydrogens (tertiary/aromatic N) is 2. The van der Waals surface area contributed by atoms with Crippen LogP contribution in [0.5, 0.6) is 0 Å². The fourth-order valence-corrected chi connectivity index (χ4v) is 2.07. The van der Waals surface area contributed by atoms with Gasteiger partial charge in [-0.2, -0.15) is 0 Å². The van der Waals surface area contributed by atoms with Crippen LogP contribution in [0.3, 0.4) is 0 Å². The average Bonchev–Trinajstić information content (AvgIpc) is 2.70. The summed E-state index contributed by atoms with van der Waals surface area (Å²) >= 11 is 5.86. The molecule has 2 heterocycles. The van der Waals surface area contributed by atoms with Gasteiger partial charge in [0, 0.05) is 11.8 Å². The number of fused-ring (bicyclic) bond motifs is 1. The van der Waals surface area contributed by atoms with Gasteiger partial charge in [-0.1, -0.05) is 11.6 Å². The maximum Gasteiger partial charge on any atom is 0.139 e. The van der Waals surface area contributed by atoms with Gasteiger partial charge in [-0.25, -0.2) is 13.8 Å². The van der Waals surface area contributed by atoms with Crippen molar-refractivity contribution in [3.05, 3.63) is 53.2 Å². The molecule has 0 aliphatic carbocycles. The molecule has 0 radical (unpaired) electrons. The van der Waals surface area contributed by atoms with Crippen molar-refractivity contribution < 1.29 is 8.78 Å². The topological polar surface area (TPSA) is 43.3 Å². The van der Waals surface area contributed by atoms with E-state index in [0.717, 1.165) is 18.2 Å². The highest BCUT2D eigenvalue weighted by Gasteiger charge is 2.15. The first-order valence-corrected chi connectivity index (χ1v) is 5.82. The lowest BCUT2D eigenvalue weighted by Crippen LogP contribution is -1.95. The largest absolute Gasteiger partial charge is 0.383 e. The van der Waals surface area contributed by atoms with Crippen molar-refractivity contribution >= 4 is 23.1 Å². The molecule has 19 heavy (non-hydrogen) atoms. The quantitative estimate of drug-likeness (QED) is 0.741. The van der Waals surface area contributed by atoms with Crippen LogP contribution in [0.1, 0.15) is 0 Å². The summed E-state index contributed by atoms with van der Waals surface area (Å²) in [6.45, 7) is 0. The maximum atomic E-state index is 13.7. The zero-order valence-electron chi connectivity index (χ0n) is 9.57. The summed E-state index contributed by atoms with van der Waals surface area (Å²) in [6.07, 6.45) is 1.57. The Kier molecular flexibility index (Phi) is 2.64. The molecule has 0 aliphatic heterocycles. The van der Waals surface area contributed by atoms with Crippen molar-refractivity contribution in [2.75, 3.05) is 5.73 Å². The van der Waals surface area contributed by atoms with Crippen LogP contribution in [-0.2, 0) is 0 Å². The minimum absolute atomic E-state index is 0.0253. The van der Waals surface area contributed by atoms with E-state index in [0.29, 0.717) is 10.7 Å². The fourth-order valence-electron chi connectivity index (χ4n) is 1.91. The Hall–Kier alpha value is -2.14. The first-order chi connectivity index (χ1) is 9.06. The molecule has 0 saturated heterocycles. The second-order valence-corrected chi connectivity index (χ2v) is 4.48. The number of pyridine rings is 1. The lowest BCUT2D eigenvalue weighted by atomic mass is 10.1. The summed E-state index contributed by atoms with van der Waals surface area (Å²) in [5.41, 5.74) is 6.65. The van der Waals surface area contributed by atoms with Crippen LogP contribution in [0.25, 0.3) is 16.9 Å². The van der Waals surface area contributed by atoms with Gasteiger partial charge in [-0.05, 0) is 30.3 Å². The second-order valence-electron chi connectivity index (χ2n) is 4.05. The zero-order chi connectivity index (χ0) is 13.6. The number of nitrogen functional groups attached to an aromatic ring is 1. The van der Waals surface area contributed by atoms with Crippen LogP contribution in [0.4, 0.5) is 14.6 Å². The summed E-state index contributed by atoms with van der Waals surface area (Å²) < 4.78 is 28.5. The monoisotopic (exact) mass is 279 g/mol. The number of nitrogens with two attached hydrogens (primary N) is 1. The van der Waals surface area contributed by atoms with E-state index in [1.54, 1.807) is 18.3 Å². The predicted octanol–water partition coefficient (Wildman–Crippen LogP) is 3.52. The van der Waals surface area contributed by atoms with Crippen LogP contribution in [0, 0.1) is 11.6 Å². The van der Waals surface area contributed by atoms with Gasteiger partial charge in [-0.15, -0.1) is 0 Å². The van der Waals surface area contributed by atoms with Crippen LogP contribution in [0.15, 0.2) is 36.5 Å². The van der Waals surface area contributed by atoms with Crippen molar-refractivity contribution in [2.45, 2.75) is 0 Å². The van der Waals surface area contributed by atoms with Gasteiger partial charge in [0.25, 0.3) is 0 Å². The lowest BCUT2D eigenvalue weighted by Gasteiger charge is -2.01. The van der Waals surface area contributed by atoms with E-state index in [1.165, 1.54) is 4.40 Å². The number of rotatable bonds is 1. The van der Waals surface area contributed by atoms with E-state index in [-0.39, 0.29) is 17.1 Å². The molecule has 2 aromatic heterocycles. The normalized spacial score (nSPS) is 11.1. The van der Waals surface area contributed by atoms with Gasteiger partial charge in [-0.3, -0.25) is 4.40 Å². The van der Waals surface area contributed by atoms with Crippen LogP contribution in [-0.4, -0.2) is 9.38 Å². The Balaban J connectivity index is 2.31. The van der Waals surface area contributed by atoms with Gasteiger partial charge in [0.1, 0.15) is 28.8 Å². The molecule has 3 nitrogen and oxygen atoms in total. The van der Waals surface area contributed by atoms with Crippen molar-refractivity contribution in [3.63, 3.8) is 0 Å². The summed E-state index contributed by atoms with van der Waals surface area (Å²) in [4.78, 5) is 4.20. The third kappa shape index (κ3) is 1.92. The molecule has 0 spiro atoms. The van der Waals surface area contributed by atoms with Gasteiger partial charge in [0.05, 0.1) is 5.02 Å². The fraction of sp³-hybridized carbons (Fsp3) is 0. The number of halogens is 3. The molecule has 0 aliphatic rings. The molecule has 0 saturated carbocycles. The molecule has 0 bridgehead atoms. The van der Waals surface area contributed by atoms with E-state index in [1.807, 2.05) is 0 Å². The molecule has 3 aromatic rings. The number of benzene rings is 1. The van der Waals surface area contributed by atoms with Crippen LogP contribution in [0.2, 0.25) is 5.02 Å². The third-order valence-electron chi connectivity index (χ3n) is 2.80. The Morgan fingerprint density at radius 1 is 1.16 bits per heavy atom. The van der Waals surface area contributed by atoms with E-state index in [4.69, 9.17) is 17.3 Å². The molecule has 0 unspecified atom stereocenters. The predicted molar refractivity (Wildman–Crippen MR) is 70.0 cm³/mol. The van der Waals surface area contributed by atoms with E-state index >= 15 is 0 Å². The Morgan fingerprint density at radius 2 is 1.95 bits per heavy atom. The molecule has 0 amide bonds. The van der Waals surface area contributed by atoms with Crippen molar-refractivity contribution in [2.24, 2.45) is 0 Å². The lowest BCUT2D eigenvalue weighted by molar-refractivity contribution is 0.603. The summed E-state index contributed by atoms with van der Waals surface area (Å²) in [5.74, 6) is -0.921. The highest BCUT2D eigenvalue weighted by atomic mass is 35.5. The smallest absolute Gasteiger partial charge is 0.139 e. The molecule has 96 valence electrons. The second kappa shape index (κ2) is 4.20. The van der Waals surface area contributed by atoms with E-state index < -0.39 is 11.6 Å². The third-order valence-corrected chi connectivity index (χ3v) is 3.03. The molecule has 3 rings (SSSR count). The van der Waals surface area contributed by atoms with Crippen LogP contribution < -0.4 is 5.73 Å². The van der Waals surface area contributed by atoms with Gasteiger partial charge < -0.3 is 5.73 Å². The molecule has 2 N–H and O–H groups in total. The minimum atomic E-state index is -0.581.